The number of hydrogen-bond acceptors (Lipinski definition) is 6. The summed E-state index contributed by atoms with van der Waals surface area (Å²) in [6.45, 7) is 4.13. The van der Waals surface area contributed by atoms with Crippen LogP contribution in [0, 0.1) is 5.82 Å². The van der Waals surface area contributed by atoms with Crippen molar-refractivity contribution in [2.45, 2.75) is 25.6 Å². The number of carbonyl (C=O) groups is 2. The number of alkyl halides is 3. The van der Waals surface area contributed by atoms with E-state index in [1.165, 1.54) is 31.4 Å². The Balaban J connectivity index is 1.46. The van der Waals surface area contributed by atoms with Gasteiger partial charge in [-0.05, 0) is 59.7 Å². The van der Waals surface area contributed by atoms with Gasteiger partial charge in [0.15, 0.2) is 0 Å². The first-order chi connectivity index (χ1) is 20.8. The molecule has 0 radical (unpaired) electrons. The van der Waals surface area contributed by atoms with Crippen molar-refractivity contribution in [3.8, 4) is 22.6 Å². The molecule has 2 amide bonds. The van der Waals surface area contributed by atoms with Crippen LogP contribution in [0.25, 0.3) is 11.1 Å². The van der Waals surface area contributed by atoms with E-state index in [-0.39, 0.29) is 17.0 Å². The predicted molar refractivity (Wildman–Crippen MR) is 157 cm³/mol. The highest BCUT2D eigenvalue weighted by Crippen LogP contribution is 2.54. The molecule has 0 spiro atoms. The van der Waals surface area contributed by atoms with Crippen LogP contribution in [0.1, 0.15) is 29.8 Å². The Bertz CT molecular complexity index is 1720. The van der Waals surface area contributed by atoms with Gasteiger partial charge in [0.2, 0.25) is 0 Å². The average molecular weight is 610 g/mol. The van der Waals surface area contributed by atoms with Crippen molar-refractivity contribution in [3.05, 3.63) is 95.8 Å². The molecule has 0 saturated carbocycles. The Labute approximate surface area is 249 Å². The van der Waals surface area contributed by atoms with Gasteiger partial charge in [-0.2, -0.15) is 0 Å². The van der Waals surface area contributed by atoms with E-state index in [0.717, 1.165) is 18.2 Å². The molecular weight excluding hydrogens is 582 g/mol. The van der Waals surface area contributed by atoms with Crippen LogP contribution in [0.15, 0.2) is 78.9 Å². The number of phenols is 1. The van der Waals surface area contributed by atoms with Gasteiger partial charge in [-0.25, -0.2) is 14.0 Å². The number of esters is 1. The summed E-state index contributed by atoms with van der Waals surface area (Å²) in [4.78, 5) is 26.6. The monoisotopic (exact) mass is 609 g/mol. The van der Waals surface area contributed by atoms with E-state index >= 15 is 4.39 Å². The summed E-state index contributed by atoms with van der Waals surface area (Å²) in [5.74, 6) is -1.89. The molecule has 5 rings (SSSR count). The molecule has 228 valence electrons. The lowest BCUT2D eigenvalue weighted by Gasteiger charge is -2.25. The lowest BCUT2D eigenvalue weighted by Crippen LogP contribution is -2.27. The number of methoxy groups -OCH3 is 1. The molecule has 0 aliphatic carbocycles. The van der Waals surface area contributed by atoms with Gasteiger partial charge in [0.1, 0.15) is 17.3 Å². The molecule has 0 bridgehead atoms. The minimum absolute atomic E-state index is 0.220. The second kappa shape index (κ2) is 11.4. The summed E-state index contributed by atoms with van der Waals surface area (Å²) in [5, 5.41) is 16.3. The molecule has 8 nitrogen and oxygen atoms in total. The first-order valence-electron chi connectivity index (χ1n) is 13.3. The second-order valence-electron chi connectivity index (χ2n) is 10.7. The van der Waals surface area contributed by atoms with Gasteiger partial charge in [-0.3, -0.25) is 0 Å². The largest absolute Gasteiger partial charge is 0.573 e. The molecule has 0 aromatic heterocycles. The minimum atomic E-state index is -4.84. The van der Waals surface area contributed by atoms with Crippen LogP contribution in [-0.2, 0) is 10.2 Å². The van der Waals surface area contributed by atoms with Crippen LogP contribution >= 0.6 is 0 Å². The maximum absolute atomic E-state index is 15.6. The highest BCUT2D eigenvalue weighted by Gasteiger charge is 2.42. The predicted octanol–water partition coefficient (Wildman–Crippen LogP) is 7.96. The van der Waals surface area contributed by atoms with Gasteiger partial charge in [0.05, 0.1) is 29.7 Å². The van der Waals surface area contributed by atoms with E-state index in [2.05, 4.69) is 15.4 Å². The third-order valence-electron chi connectivity index (χ3n) is 7.12. The molecular formula is C32H27F4N3O5. The normalized spacial score (nSPS) is 13.7. The van der Waals surface area contributed by atoms with Gasteiger partial charge in [0, 0.05) is 29.3 Å². The number of rotatable bonds is 6. The zero-order chi connectivity index (χ0) is 31.8. The Hall–Kier alpha value is -5.26. The fourth-order valence-corrected chi connectivity index (χ4v) is 5.33. The standard InChI is InChI=1S/C32H27F4N3O5/c1-31(2)17-39(28-25(40)16-22(33)26(27(28)31)18-8-10-19(11-9-18)29(41)43-3)24-7-5-4-6-23(24)38-30(42)37-20-12-14-21(15-13-20)44-32(34,35)36/h4-16,40H,17H2,1-3H3,(H2,37,38,42). The first kappa shape index (κ1) is 30.2. The molecule has 1 heterocycles. The number of fused-ring (bicyclic) bond motifs is 1. The highest BCUT2D eigenvalue weighted by atomic mass is 19.4. The lowest BCUT2D eigenvalue weighted by molar-refractivity contribution is -0.274. The van der Waals surface area contributed by atoms with Gasteiger partial charge in [-0.1, -0.05) is 38.1 Å². The average Bonchev–Trinajstić information content (AvgIpc) is 3.24. The van der Waals surface area contributed by atoms with Gasteiger partial charge >= 0.3 is 18.4 Å². The summed E-state index contributed by atoms with van der Waals surface area (Å²) in [7, 11) is 1.27. The first-order valence-corrected chi connectivity index (χ1v) is 13.3. The van der Waals surface area contributed by atoms with Gasteiger partial charge < -0.3 is 30.1 Å². The Morgan fingerprint density at radius 3 is 2.25 bits per heavy atom. The quantitative estimate of drug-likeness (QED) is 0.152. The molecule has 44 heavy (non-hydrogen) atoms. The number of nitrogens with zero attached hydrogens (tertiary/aromatic N) is 1. The molecule has 4 aromatic carbocycles. The maximum Gasteiger partial charge on any atom is 0.573 e. The van der Waals surface area contributed by atoms with Crippen molar-refractivity contribution in [1.29, 1.82) is 0 Å². The number of benzene rings is 4. The van der Waals surface area contributed by atoms with Gasteiger partial charge in [0.25, 0.3) is 0 Å². The number of amides is 2. The van der Waals surface area contributed by atoms with Crippen molar-refractivity contribution in [2.75, 3.05) is 29.2 Å². The number of phenolic OH excluding ortho intramolecular Hbond substituents is 1. The van der Waals surface area contributed by atoms with E-state index in [9.17, 15) is 27.9 Å². The van der Waals surface area contributed by atoms with E-state index in [1.807, 2.05) is 13.8 Å². The van der Waals surface area contributed by atoms with E-state index < -0.39 is 35.3 Å². The molecule has 3 N–H and O–H groups in total. The number of urea groups is 1. The van der Waals surface area contributed by atoms with E-state index in [1.54, 1.807) is 41.3 Å². The zero-order valence-electron chi connectivity index (χ0n) is 23.8. The van der Waals surface area contributed by atoms with E-state index in [4.69, 9.17) is 4.74 Å². The second-order valence-corrected chi connectivity index (χ2v) is 10.7. The number of aromatic hydroxyl groups is 1. The minimum Gasteiger partial charge on any atom is -0.506 e. The van der Waals surface area contributed by atoms with Crippen molar-refractivity contribution < 1.29 is 41.7 Å². The third kappa shape index (κ3) is 6.10. The SMILES string of the molecule is COC(=O)c1ccc(-c2c(F)cc(O)c3c2C(C)(C)CN3c2ccccc2NC(=O)Nc2ccc(OC(F)(F)F)cc2)cc1. The number of halogens is 4. The third-order valence-corrected chi connectivity index (χ3v) is 7.12. The van der Waals surface area contributed by atoms with Crippen molar-refractivity contribution >= 4 is 34.7 Å². The zero-order valence-corrected chi connectivity index (χ0v) is 23.8. The number of carbonyl (C=O) groups excluding carboxylic acids is 2. The fourth-order valence-electron chi connectivity index (χ4n) is 5.33. The summed E-state index contributed by atoms with van der Waals surface area (Å²) in [5.41, 5.74) is 2.38. The van der Waals surface area contributed by atoms with Crippen LogP contribution in [-0.4, -0.2) is 37.1 Å². The van der Waals surface area contributed by atoms with Crippen molar-refractivity contribution in [3.63, 3.8) is 0 Å². The van der Waals surface area contributed by atoms with Gasteiger partial charge in [-0.15, -0.1) is 13.2 Å². The Kier molecular flexibility index (Phi) is 7.85. The molecule has 1 aliphatic rings. The molecule has 0 atom stereocenters. The molecule has 0 saturated heterocycles. The van der Waals surface area contributed by atoms with Crippen LogP contribution in [0.3, 0.4) is 0 Å². The summed E-state index contributed by atoms with van der Waals surface area (Å²) >= 11 is 0. The Morgan fingerprint density at radius 1 is 0.955 bits per heavy atom. The summed E-state index contributed by atoms with van der Waals surface area (Å²) < 4.78 is 61.5. The number of anilines is 4. The van der Waals surface area contributed by atoms with Crippen LogP contribution in [0.5, 0.6) is 11.5 Å². The molecule has 12 heteroatoms. The van der Waals surface area contributed by atoms with E-state index in [0.29, 0.717) is 40.3 Å². The molecule has 4 aromatic rings. The summed E-state index contributed by atoms with van der Waals surface area (Å²) in [6, 6.07) is 18.2. The fraction of sp³-hybridized carbons (Fsp3) is 0.188. The van der Waals surface area contributed by atoms with Crippen LogP contribution < -0.4 is 20.3 Å². The number of hydrogen-bond donors (Lipinski definition) is 3. The van der Waals surface area contributed by atoms with Crippen molar-refractivity contribution in [1.82, 2.24) is 0 Å². The number of para-hydroxylation sites is 2. The van der Waals surface area contributed by atoms with Crippen molar-refractivity contribution in [2.24, 2.45) is 0 Å². The molecule has 1 aliphatic heterocycles. The smallest absolute Gasteiger partial charge is 0.506 e. The molecule has 0 fully saturated rings. The number of ether oxygens (including phenoxy) is 2. The Morgan fingerprint density at radius 2 is 1.61 bits per heavy atom. The van der Waals surface area contributed by atoms with Crippen LogP contribution in [0.4, 0.5) is 45.1 Å². The summed E-state index contributed by atoms with van der Waals surface area (Å²) in [6.07, 6.45) is -4.84. The lowest BCUT2D eigenvalue weighted by atomic mass is 9.81. The number of nitrogens with one attached hydrogen (secondary N) is 2. The maximum atomic E-state index is 15.6. The van der Waals surface area contributed by atoms with Crippen LogP contribution in [0.2, 0.25) is 0 Å². The topological polar surface area (TPSA) is 100 Å². The highest BCUT2D eigenvalue weighted by molar-refractivity contribution is 6.03. The molecule has 0 unspecified atom stereocenters.